The molecule has 0 aromatic heterocycles. The molecule has 0 radical (unpaired) electrons. The molecule has 0 aliphatic carbocycles. The molecule has 0 atom stereocenters. The van der Waals surface area contributed by atoms with E-state index in [2.05, 4.69) is 3.07 Å². The summed E-state index contributed by atoms with van der Waals surface area (Å²) in [7, 11) is 0. The van der Waals surface area contributed by atoms with E-state index in [1.54, 1.807) is 6.92 Å². The van der Waals surface area contributed by atoms with Gasteiger partial charge >= 0.3 is 5.97 Å². The Bertz CT molecular complexity index is 95.9. The first kappa shape index (κ1) is 7.87. The fraction of sp³-hybridized carbons (Fsp3) is 0.500. The van der Waals surface area contributed by atoms with Crippen LogP contribution in [-0.4, -0.2) is 11.8 Å². The van der Waals surface area contributed by atoms with Crippen molar-refractivity contribution >= 4 is 34.8 Å². The van der Waals surface area contributed by atoms with Crippen molar-refractivity contribution in [1.82, 2.24) is 0 Å². The molecule has 0 aliphatic heterocycles. The minimum absolute atomic E-state index is 0.210. The van der Waals surface area contributed by atoms with Gasteiger partial charge in [0, 0.05) is 6.42 Å². The van der Waals surface area contributed by atoms with Crippen LogP contribution >= 0.6 is 23.0 Å². The van der Waals surface area contributed by atoms with E-state index in [4.69, 9.17) is 0 Å². The number of rotatable bonds is 2. The lowest BCUT2D eigenvalue weighted by atomic mass is 10.3. The molecular formula is C4H5IO3. The normalized spacial score (nSPS) is 8.25. The molecule has 46 valence electrons. The fourth-order valence-electron chi connectivity index (χ4n) is 0.187. The number of hydrogen-bond donors (Lipinski definition) is 0. The van der Waals surface area contributed by atoms with Gasteiger partial charge in [-0.25, -0.2) is 4.79 Å². The number of halogens is 1. The van der Waals surface area contributed by atoms with Crippen molar-refractivity contribution in [1.29, 1.82) is 0 Å². The highest BCUT2D eigenvalue weighted by Gasteiger charge is 2.09. The zero-order chi connectivity index (χ0) is 6.57. The molecule has 0 bridgehead atoms. The Labute approximate surface area is 61.1 Å². The summed E-state index contributed by atoms with van der Waals surface area (Å²) in [5.41, 5.74) is 0. The lowest BCUT2D eigenvalue weighted by molar-refractivity contribution is -0.144. The first-order valence-electron chi connectivity index (χ1n) is 2.08. The molecule has 0 N–H and O–H groups in total. The first-order chi connectivity index (χ1) is 3.72. The number of carbonyl (C=O) groups excluding carboxylic acids is 2. The van der Waals surface area contributed by atoms with Gasteiger partial charge in [-0.05, 0) is 0 Å². The lowest BCUT2D eigenvalue weighted by Gasteiger charge is -1.87. The number of ketones is 1. The average Bonchev–Trinajstić information content (AvgIpc) is 1.84. The van der Waals surface area contributed by atoms with Gasteiger partial charge in [0.15, 0.2) is 23.0 Å². The highest BCUT2D eigenvalue weighted by atomic mass is 127. The van der Waals surface area contributed by atoms with Gasteiger partial charge in [0.2, 0.25) is 5.78 Å². The summed E-state index contributed by atoms with van der Waals surface area (Å²) in [4.78, 5) is 20.4. The maximum Gasteiger partial charge on any atom is 0.383 e. The summed E-state index contributed by atoms with van der Waals surface area (Å²) in [5, 5.41) is 0. The number of carbonyl (C=O) groups is 2. The zero-order valence-corrected chi connectivity index (χ0v) is 6.47. The Morgan fingerprint density at radius 3 is 2.25 bits per heavy atom. The minimum atomic E-state index is -0.770. The maximum absolute atomic E-state index is 10.3. The van der Waals surface area contributed by atoms with Crippen molar-refractivity contribution in [2.75, 3.05) is 0 Å². The molecule has 0 amide bonds. The van der Waals surface area contributed by atoms with Crippen molar-refractivity contribution < 1.29 is 12.7 Å². The third-order valence-electron chi connectivity index (χ3n) is 0.619. The molecule has 0 fully saturated rings. The highest BCUT2D eigenvalue weighted by Crippen LogP contribution is 1.90. The van der Waals surface area contributed by atoms with Crippen molar-refractivity contribution in [3.8, 4) is 0 Å². The van der Waals surface area contributed by atoms with Crippen LogP contribution in [0.5, 0.6) is 0 Å². The summed E-state index contributed by atoms with van der Waals surface area (Å²) in [6, 6.07) is 0. The molecule has 0 aromatic carbocycles. The van der Waals surface area contributed by atoms with Gasteiger partial charge in [0.25, 0.3) is 0 Å². The van der Waals surface area contributed by atoms with Gasteiger partial charge in [-0.2, -0.15) is 0 Å². The first-order valence-corrected chi connectivity index (χ1v) is 2.96. The molecule has 0 saturated heterocycles. The summed E-state index contributed by atoms with van der Waals surface area (Å²) in [6.45, 7) is 1.61. The molecule has 0 aromatic rings. The summed E-state index contributed by atoms with van der Waals surface area (Å²) in [6.07, 6.45) is 0.210. The molecule has 4 heteroatoms. The van der Waals surface area contributed by atoms with Crippen molar-refractivity contribution in [2.45, 2.75) is 13.3 Å². The van der Waals surface area contributed by atoms with E-state index in [0.717, 1.165) is 0 Å². The largest absolute Gasteiger partial charge is 0.389 e. The average molecular weight is 228 g/mol. The molecule has 0 saturated carbocycles. The topological polar surface area (TPSA) is 43.4 Å². The summed E-state index contributed by atoms with van der Waals surface area (Å²) in [5.74, 6) is -1.26. The van der Waals surface area contributed by atoms with E-state index in [9.17, 15) is 9.59 Å². The second-order valence-corrected chi connectivity index (χ2v) is 1.58. The Hall–Kier alpha value is -0.130. The molecule has 0 aliphatic rings. The van der Waals surface area contributed by atoms with Crippen LogP contribution < -0.4 is 0 Å². The van der Waals surface area contributed by atoms with Gasteiger partial charge in [-0.3, -0.25) is 4.79 Å². The van der Waals surface area contributed by atoms with E-state index >= 15 is 0 Å². The third-order valence-corrected chi connectivity index (χ3v) is 1.02. The van der Waals surface area contributed by atoms with Gasteiger partial charge < -0.3 is 3.07 Å². The fourth-order valence-corrected chi connectivity index (χ4v) is 0.433. The Kier molecular flexibility index (Phi) is 3.76. The van der Waals surface area contributed by atoms with Crippen LogP contribution in [0, 0.1) is 0 Å². The van der Waals surface area contributed by atoms with Crippen molar-refractivity contribution in [3.63, 3.8) is 0 Å². The number of hydrogen-bond acceptors (Lipinski definition) is 3. The van der Waals surface area contributed by atoms with Crippen LogP contribution in [0.4, 0.5) is 0 Å². The van der Waals surface area contributed by atoms with E-state index in [-0.39, 0.29) is 6.42 Å². The minimum Gasteiger partial charge on any atom is -0.389 e. The Morgan fingerprint density at radius 1 is 1.62 bits per heavy atom. The lowest BCUT2D eigenvalue weighted by Crippen LogP contribution is -2.10. The van der Waals surface area contributed by atoms with Crippen LogP contribution in [0.25, 0.3) is 0 Å². The van der Waals surface area contributed by atoms with E-state index in [1.807, 2.05) is 0 Å². The molecule has 3 nitrogen and oxygen atoms in total. The van der Waals surface area contributed by atoms with Crippen LogP contribution in [-0.2, 0) is 12.7 Å². The van der Waals surface area contributed by atoms with Crippen LogP contribution in [0.3, 0.4) is 0 Å². The third kappa shape index (κ3) is 2.25. The monoisotopic (exact) mass is 228 g/mol. The quantitative estimate of drug-likeness (QED) is 0.520. The van der Waals surface area contributed by atoms with Gasteiger partial charge in [-0.15, -0.1) is 0 Å². The molecule has 0 rings (SSSR count). The SMILES string of the molecule is CCC(=O)C(=O)OI. The van der Waals surface area contributed by atoms with Crippen LogP contribution in [0.15, 0.2) is 0 Å². The molecule has 0 unspecified atom stereocenters. The Balaban J connectivity index is 3.64. The van der Waals surface area contributed by atoms with Crippen molar-refractivity contribution in [3.05, 3.63) is 0 Å². The van der Waals surface area contributed by atoms with Crippen LogP contribution in [0.2, 0.25) is 0 Å². The van der Waals surface area contributed by atoms with Gasteiger partial charge in [0.1, 0.15) is 0 Å². The summed E-state index contributed by atoms with van der Waals surface area (Å²) < 4.78 is 4.08. The van der Waals surface area contributed by atoms with Crippen LogP contribution in [0.1, 0.15) is 13.3 Å². The predicted molar refractivity (Wildman–Crippen MR) is 35.4 cm³/mol. The standard InChI is InChI=1S/C4H5IO3/c1-2-3(6)4(7)8-5/h2H2,1H3. The summed E-state index contributed by atoms with van der Waals surface area (Å²) >= 11 is 1.38. The van der Waals surface area contributed by atoms with Gasteiger partial charge in [0.05, 0.1) is 0 Å². The predicted octanol–water partition coefficient (Wildman–Crippen LogP) is 0.859. The Morgan fingerprint density at radius 2 is 2.12 bits per heavy atom. The molecule has 0 spiro atoms. The van der Waals surface area contributed by atoms with E-state index in [1.165, 1.54) is 23.0 Å². The smallest absolute Gasteiger partial charge is 0.383 e. The van der Waals surface area contributed by atoms with E-state index < -0.39 is 11.8 Å². The molecule has 0 heterocycles. The zero-order valence-electron chi connectivity index (χ0n) is 4.31. The van der Waals surface area contributed by atoms with Crippen molar-refractivity contribution in [2.24, 2.45) is 0 Å². The number of Topliss-reactive ketones (excluding diaryl/α,β-unsaturated/α-hetero) is 1. The van der Waals surface area contributed by atoms with Gasteiger partial charge in [-0.1, -0.05) is 6.92 Å². The second kappa shape index (κ2) is 3.82. The molecular weight excluding hydrogens is 223 g/mol. The van der Waals surface area contributed by atoms with E-state index in [0.29, 0.717) is 0 Å². The highest BCUT2D eigenvalue weighted by molar-refractivity contribution is 14.1. The second-order valence-electron chi connectivity index (χ2n) is 1.14. The maximum atomic E-state index is 10.3. The molecule has 8 heavy (non-hydrogen) atoms.